The van der Waals surface area contributed by atoms with Crippen LogP contribution in [0.15, 0.2) is 28.1 Å². The van der Waals surface area contributed by atoms with Crippen molar-refractivity contribution >= 4 is 28.6 Å². The molecule has 0 aliphatic carbocycles. The lowest BCUT2D eigenvalue weighted by atomic mass is 10.2. The summed E-state index contributed by atoms with van der Waals surface area (Å²) in [7, 11) is 0. The molecule has 0 unspecified atom stereocenters. The Morgan fingerprint density at radius 3 is 2.90 bits per heavy atom. The van der Waals surface area contributed by atoms with E-state index < -0.39 is 0 Å². The number of hydrogen-bond acceptors (Lipinski definition) is 6. The standard InChI is InChI=1S/C13H11ClN4OS/c1-7-6-20-12(16-7)5-11-17-13(19-18-11)9-3-2-8(14)4-10(9)15/h2-4,6H,5,15H2,1H3. The van der Waals surface area contributed by atoms with Crippen molar-refractivity contribution in [1.82, 2.24) is 15.1 Å². The molecule has 0 amide bonds. The third-order valence-electron chi connectivity index (χ3n) is 2.69. The Morgan fingerprint density at radius 2 is 2.20 bits per heavy atom. The van der Waals surface area contributed by atoms with E-state index >= 15 is 0 Å². The largest absolute Gasteiger partial charge is 0.398 e. The van der Waals surface area contributed by atoms with Gasteiger partial charge in [0.15, 0.2) is 5.82 Å². The number of nitrogen functional groups attached to an aromatic ring is 1. The van der Waals surface area contributed by atoms with Crippen molar-refractivity contribution in [3.63, 3.8) is 0 Å². The molecule has 0 aliphatic rings. The van der Waals surface area contributed by atoms with Crippen molar-refractivity contribution in [3.8, 4) is 11.5 Å². The van der Waals surface area contributed by atoms with Crippen molar-refractivity contribution in [1.29, 1.82) is 0 Å². The highest BCUT2D eigenvalue weighted by Crippen LogP contribution is 2.27. The number of aromatic nitrogens is 3. The van der Waals surface area contributed by atoms with Gasteiger partial charge < -0.3 is 10.3 Å². The molecule has 0 saturated heterocycles. The van der Waals surface area contributed by atoms with Gasteiger partial charge in [-0.1, -0.05) is 16.8 Å². The summed E-state index contributed by atoms with van der Waals surface area (Å²) in [6.07, 6.45) is 0.551. The maximum atomic E-state index is 5.90. The number of anilines is 1. The number of nitrogens with zero attached hydrogens (tertiary/aromatic N) is 3. The Balaban J connectivity index is 1.86. The molecule has 102 valence electrons. The normalized spacial score (nSPS) is 10.9. The van der Waals surface area contributed by atoms with Crippen molar-refractivity contribution in [3.05, 3.63) is 45.1 Å². The minimum atomic E-state index is 0.391. The fraction of sp³-hybridized carbons (Fsp3) is 0.154. The molecule has 2 aromatic heterocycles. The second-order valence-electron chi connectivity index (χ2n) is 4.31. The summed E-state index contributed by atoms with van der Waals surface area (Å²) >= 11 is 7.45. The molecule has 5 nitrogen and oxygen atoms in total. The van der Waals surface area contributed by atoms with Gasteiger partial charge in [-0.15, -0.1) is 11.3 Å². The maximum absolute atomic E-state index is 5.90. The zero-order valence-corrected chi connectivity index (χ0v) is 12.2. The highest BCUT2D eigenvalue weighted by atomic mass is 35.5. The molecular weight excluding hydrogens is 296 g/mol. The van der Waals surface area contributed by atoms with E-state index in [1.54, 1.807) is 29.5 Å². The lowest BCUT2D eigenvalue weighted by molar-refractivity contribution is 0.424. The molecule has 3 rings (SSSR count). The van der Waals surface area contributed by atoms with Crippen LogP contribution < -0.4 is 5.73 Å². The molecule has 2 N–H and O–H groups in total. The van der Waals surface area contributed by atoms with Crippen LogP contribution in [-0.4, -0.2) is 15.1 Å². The first-order chi connectivity index (χ1) is 9.61. The van der Waals surface area contributed by atoms with E-state index in [2.05, 4.69) is 15.1 Å². The Bertz CT molecular complexity index is 752. The monoisotopic (exact) mass is 306 g/mol. The van der Waals surface area contributed by atoms with E-state index in [9.17, 15) is 0 Å². The smallest absolute Gasteiger partial charge is 0.260 e. The average Bonchev–Trinajstić information content (AvgIpc) is 2.99. The Morgan fingerprint density at radius 1 is 1.35 bits per heavy atom. The molecule has 0 fully saturated rings. The fourth-order valence-electron chi connectivity index (χ4n) is 1.78. The first-order valence-corrected chi connectivity index (χ1v) is 7.16. The summed E-state index contributed by atoms with van der Waals surface area (Å²) in [5.74, 6) is 0.978. The summed E-state index contributed by atoms with van der Waals surface area (Å²) in [6.45, 7) is 1.95. The van der Waals surface area contributed by atoms with Crippen LogP contribution >= 0.6 is 22.9 Å². The maximum Gasteiger partial charge on any atom is 0.260 e. The highest BCUT2D eigenvalue weighted by molar-refractivity contribution is 7.09. The Labute approximate surface area is 124 Å². The zero-order valence-electron chi connectivity index (χ0n) is 10.6. The number of halogens is 1. The molecule has 7 heteroatoms. The predicted molar refractivity (Wildman–Crippen MR) is 78.8 cm³/mol. The predicted octanol–water partition coefficient (Wildman–Crippen LogP) is 3.33. The van der Waals surface area contributed by atoms with Crippen molar-refractivity contribution in [2.45, 2.75) is 13.3 Å². The van der Waals surface area contributed by atoms with Crippen LogP contribution in [0.1, 0.15) is 16.5 Å². The summed E-state index contributed by atoms with van der Waals surface area (Å²) < 4.78 is 5.24. The Hall–Kier alpha value is -1.92. The fourth-order valence-corrected chi connectivity index (χ4v) is 2.73. The van der Waals surface area contributed by atoms with E-state index in [0.29, 0.717) is 34.4 Å². The minimum Gasteiger partial charge on any atom is -0.398 e. The molecule has 0 spiro atoms. The van der Waals surface area contributed by atoms with Crippen molar-refractivity contribution in [2.24, 2.45) is 0 Å². The first kappa shape index (κ1) is 13.1. The van der Waals surface area contributed by atoms with Crippen LogP contribution in [-0.2, 0) is 6.42 Å². The molecule has 2 heterocycles. The van der Waals surface area contributed by atoms with Crippen LogP contribution in [0.2, 0.25) is 5.02 Å². The van der Waals surface area contributed by atoms with Gasteiger partial charge in [-0.3, -0.25) is 0 Å². The second-order valence-corrected chi connectivity index (χ2v) is 5.69. The van der Waals surface area contributed by atoms with E-state index in [0.717, 1.165) is 10.7 Å². The molecule has 0 radical (unpaired) electrons. The van der Waals surface area contributed by atoms with Crippen molar-refractivity contribution < 1.29 is 4.52 Å². The summed E-state index contributed by atoms with van der Waals surface area (Å²) in [5, 5.41) is 7.48. The summed E-state index contributed by atoms with van der Waals surface area (Å²) in [5.41, 5.74) is 8.09. The zero-order chi connectivity index (χ0) is 14.1. The number of hydrogen-bond donors (Lipinski definition) is 1. The topological polar surface area (TPSA) is 77.8 Å². The minimum absolute atomic E-state index is 0.391. The second kappa shape index (κ2) is 5.22. The van der Waals surface area contributed by atoms with E-state index in [1.807, 2.05) is 12.3 Å². The summed E-state index contributed by atoms with van der Waals surface area (Å²) in [4.78, 5) is 8.71. The lowest BCUT2D eigenvalue weighted by Gasteiger charge is -1.99. The molecule has 0 saturated carbocycles. The van der Waals surface area contributed by atoms with Gasteiger partial charge in [0.25, 0.3) is 5.89 Å². The van der Waals surface area contributed by atoms with Gasteiger partial charge >= 0.3 is 0 Å². The molecular formula is C13H11ClN4OS. The number of rotatable bonds is 3. The highest BCUT2D eigenvalue weighted by Gasteiger charge is 2.13. The van der Waals surface area contributed by atoms with Crippen LogP contribution in [0.5, 0.6) is 0 Å². The molecule has 1 aromatic carbocycles. The van der Waals surface area contributed by atoms with Gasteiger partial charge in [0.05, 0.1) is 12.0 Å². The molecule has 0 bridgehead atoms. The number of benzene rings is 1. The van der Waals surface area contributed by atoms with Gasteiger partial charge in [0.1, 0.15) is 5.01 Å². The van der Waals surface area contributed by atoms with E-state index in [4.69, 9.17) is 21.9 Å². The van der Waals surface area contributed by atoms with E-state index in [-0.39, 0.29) is 0 Å². The van der Waals surface area contributed by atoms with Crippen molar-refractivity contribution in [2.75, 3.05) is 5.73 Å². The average molecular weight is 307 g/mol. The van der Waals surface area contributed by atoms with Gasteiger partial charge in [0.2, 0.25) is 0 Å². The third-order valence-corrected chi connectivity index (χ3v) is 3.89. The van der Waals surface area contributed by atoms with E-state index in [1.165, 1.54) is 0 Å². The number of thiazole rings is 1. The van der Waals surface area contributed by atoms with Crippen LogP contribution in [0, 0.1) is 6.92 Å². The molecule has 0 atom stereocenters. The summed E-state index contributed by atoms with van der Waals surface area (Å²) in [6, 6.07) is 5.16. The van der Waals surface area contributed by atoms with Crippen LogP contribution in [0.25, 0.3) is 11.5 Å². The molecule has 3 aromatic rings. The van der Waals surface area contributed by atoms with Gasteiger partial charge in [-0.05, 0) is 25.1 Å². The lowest BCUT2D eigenvalue weighted by Crippen LogP contribution is -1.92. The molecule has 20 heavy (non-hydrogen) atoms. The number of nitrogens with two attached hydrogens (primary N) is 1. The first-order valence-electron chi connectivity index (χ1n) is 5.91. The SMILES string of the molecule is Cc1csc(Cc2noc(-c3ccc(Cl)cc3N)n2)n1. The molecule has 0 aliphatic heterocycles. The van der Waals surface area contributed by atoms with Gasteiger partial charge in [-0.25, -0.2) is 4.98 Å². The van der Waals surface area contributed by atoms with Gasteiger partial charge in [-0.2, -0.15) is 4.98 Å². The third kappa shape index (κ3) is 2.66. The Kier molecular flexibility index (Phi) is 3.42. The number of aryl methyl sites for hydroxylation is 1. The quantitative estimate of drug-likeness (QED) is 0.751. The van der Waals surface area contributed by atoms with Crippen LogP contribution in [0.3, 0.4) is 0 Å². The van der Waals surface area contributed by atoms with Crippen LogP contribution in [0.4, 0.5) is 5.69 Å². The van der Waals surface area contributed by atoms with Gasteiger partial charge in [0, 0.05) is 21.8 Å².